The van der Waals surface area contributed by atoms with Gasteiger partial charge in [0, 0.05) is 30.7 Å². The van der Waals surface area contributed by atoms with E-state index < -0.39 is 114 Å². The SMILES string of the molecule is CN[C@@H]1[C@@H](O[C@H]2C[C@H](CO)[C@@H](N)[C@H](O)[C@H]2O)O[C@H]2C[C@@H](N)[C@@H](O[C@H]3[C@H](O)[C@@H](O)[C@H](N)C[C@@H]3N)O[C@@H]2[C@@H]1O.O=S(=O)(O)O. The molecule has 2 heterocycles. The molecule has 0 amide bonds. The maximum absolute atomic E-state index is 11.2. The molecule has 2 aliphatic carbocycles. The zero-order valence-electron chi connectivity index (χ0n) is 22.9. The number of nitrogens with two attached hydrogens (primary N) is 4. The third-order valence-electron chi connectivity index (χ3n) is 8.28. The van der Waals surface area contributed by atoms with Gasteiger partial charge in [-0.15, -0.1) is 0 Å². The van der Waals surface area contributed by atoms with E-state index in [1.165, 1.54) is 0 Å². The second-order valence-electron chi connectivity index (χ2n) is 11.2. The Bertz CT molecular complexity index is 960. The third-order valence-corrected chi connectivity index (χ3v) is 8.28. The largest absolute Gasteiger partial charge is 0.396 e. The van der Waals surface area contributed by atoms with Crippen molar-refractivity contribution in [1.82, 2.24) is 5.32 Å². The molecule has 4 fully saturated rings. The second kappa shape index (κ2) is 14.6. The number of rotatable bonds is 6. The molecular formula is C22H45N5O14S. The second-order valence-corrected chi connectivity index (χ2v) is 12.1. The molecule has 4 rings (SSSR count). The number of hydrogen-bond acceptors (Lipinski definition) is 17. The van der Waals surface area contributed by atoms with Crippen LogP contribution in [-0.2, 0) is 29.3 Å². The smallest absolute Gasteiger partial charge is 0.394 e. The first-order chi connectivity index (χ1) is 19.5. The Morgan fingerprint density at radius 3 is 1.98 bits per heavy atom. The Labute approximate surface area is 242 Å². The van der Waals surface area contributed by atoms with E-state index in [-0.39, 0.29) is 25.9 Å². The normalized spacial score (nSPS) is 49.9. The Morgan fingerprint density at radius 1 is 0.786 bits per heavy atom. The van der Waals surface area contributed by atoms with E-state index in [2.05, 4.69) is 5.32 Å². The summed E-state index contributed by atoms with van der Waals surface area (Å²) in [5, 5.41) is 65.2. The van der Waals surface area contributed by atoms with E-state index >= 15 is 0 Å². The van der Waals surface area contributed by atoms with Crippen LogP contribution in [0, 0.1) is 5.92 Å². The summed E-state index contributed by atoms with van der Waals surface area (Å²) in [5.41, 5.74) is 24.1. The Hall–Kier alpha value is -0.730. The number of fused-ring (bicyclic) bond motifs is 1. The van der Waals surface area contributed by atoms with E-state index in [1.54, 1.807) is 7.05 Å². The fraction of sp³-hybridized carbons (Fsp3) is 1.00. The lowest BCUT2D eigenvalue weighted by atomic mass is 9.79. The number of aliphatic hydroxyl groups excluding tert-OH is 6. The molecule has 0 radical (unpaired) electrons. The predicted molar refractivity (Wildman–Crippen MR) is 140 cm³/mol. The van der Waals surface area contributed by atoms with Gasteiger partial charge in [-0.3, -0.25) is 9.11 Å². The molecule has 2 saturated carbocycles. The summed E-state index contributed by atoms with van der Waals surface area (Å²) in [4.78, 5) is 0. The first kappa shape index (κ1) is 35.7. The van der Waals surface area contributed by atoms with Gasteiger partial charge in [0.15, 0.2) is 12.6 Å². The van der Waals surface area contributed by atoms with Gasteiger partial charge in [0.05, 0.1) is 36.5 Å². The van der Waals surface area contributed by atoms with Crippen LogP contribution in [-0.4, -0.2) is 160 Å². The van der Waals surface area contributed by atoms with Crippen molar-refractivity contribution in [3.63, 3.8) is 0 Å². The number of ether oxygens (including phenoxy) is 4. The van der Waals surface area contributed by atoms with E-state index in [0.717, 1.165) is 0 Å². The molecule has 0 spiro atoms. The molecule has 0 aromatic heterocycles. The van der Waals surface area contributed by atoms with Crippen molar-refractivity contribution in [1.29, 1.82) is 0 Å². The van der Waals surface area contributed by atoms with Crippen LogP contribution in [0.15, 0.2) is 0 Å². The quantitative estimate of drug-likeness (QED) is 0.120. The molecule has 2 saturated heterocycles. The molecule has 0 aromatic carbocycles. The van der Waals surface area contributed by atoms with E-state index in [9.17, 15) is 30.6 Å². The molecule has 4 aliphatic rings. The predicted octanol–water partition coefficient (Wildman–Crippen LogP) is -6.94. The van der Waals surface area contributed by atoms with Crippen molar-refractivity contribution in [3.8, 4) is 0 Å². The standard InChI is InChI=1S/C22H43N5O10.H2O4S/c1-27-13-17(32)20-11(35-22(13)34-10-2-6(5-28)12(26)16(31)15(10)30)4-9(25)21(37-20)36-19-8(24)3-7(23)14(29)18(19)33;1-5(2,3)4/h6-22,27-33H,2-5,23-26H2,1H3;(H2,1,2,3,4)/t6-,7-,8+,9-,10+,11+,12-,13+,14+,15+,16+,17-,18-,19-,20+,21+,22+;/m1./s1. The third kappa shape index (κ3) is 8.29. The van der Waals surface area contributed by atoms with Crippen molar-refractivity contribution in [2.75, 3.05) is 13.7 Å². The molecule has 19 nitrogen and oxygen atoms in total. The van der Waals surface area contributed by atoms with Gasteiger partial charge < -0.3 is 77.8 Å². The van der Waals surface area contributed by atoms with Gasteiger partial charge in [0.1, 0.15) is 30.5 Å². The van der Waals surface area contributed by atoms with Crippen molar-refractivity contribution in [3.05, 3.63) is 0 Å². The van der Waals surface area contributed by atoms with Crippen LogP contribution in [0.5, 0.6) is 0 Å². The minimum atomic E-state index is -4.67. The summed E-state index contributed by atoms with van der Waals surface area (Å²) in [7, 11) is -3.07. The molecule has 42 heavy (non-hydrogen) atoms. The number of hydrogen-bond donors (Lipinski definition) is 13. The van der Waals surface area contributed by atoms with Gasteiger partial charge in [-0.05, 0) is 26.3 Å². The molecule has 0 unspecified atom stereocenters. The van der Waals surface area contributed by atoms with Gasteiger partial charge in [-0.2, -0.15) is 8.42 Å². The summed E-state index contributed by atoms with van der Waals surface area (Å²) in [6.07, 6.45) is -11.3. The lowest BCUT2D eigenvalue weighted by Gasteiger charge is -2.51. The number of nitrogens with one attached hydrogen (secondary N) is 1. The minimum Gasteiger partial charge on any atom is -0.396 e. The van der Waals surface area contributed by atoms with Gasteiger partial charge in [-0.25, -0.2) is 0 Å². The van der Waals surface area contributed by atoms with Crippen LogP contribution in [0.1, 0.15) is 19.3 Å². The Balaban J connectivity index is 0.000000892. The van der Waals surface area contributed by atoms with Crippen LogP contribution in [0.3, 0.4) is 0 Å². The lowest BCUT2D eigenvalue weighted by molar-refractivity contribution is -0.344. The van der Waals surface area contributed by atoms with Crippen molar-refractivity contribution in [2.45, 2.75) is 117 Å². The summed E-state index contributed by atoms with van der Waals surface area (Å²) in [6, 6.07) is -3.69. The van der Waals surface area contributed by atoms with Gasteiger partial charge in [0.25, 0.3) is 0 Å². The molecule has 20 heteroatoms. The Kier molecular flexibility index (Phi) is 12.4. The van der Waals surface area contributed by atoms with Crippen molar-refractivity contribution < 1.29 is 67.1 Å². The summed E-state index contributed by atoms with van der Waals surface area (Å²) in [6.45, 7) is -0.286. The molecule has 17 atom stereocenters. The number of likely N-dealkylation sites (N-methyl/N-ethyl adjacent to an activating group) is 1. The van der Waals surface area contributed by atoms with Crippen LogP contribution < -0.4 is 28.3 Å². The van der Waals surface area contributed by atoms with Crippen LogP contribution >= 0.6 is 0 Å². The zero-order valence-corrected chi connectivity index (χ0v) is 23.7. The zero-order chi connectivity index (χ0) is 31.7. The highest BCUT2D eigenvalue weighted by Crippen LogP contribution is 2.36. The maximum atomic E-state index is 11.2. The molecule has 0 bridgehead atoms. The monoisotopic (exact) mass is 635 g/mol. The highest BCUT2D eigenvalue weighted by atomic mass is 32.3. The maximum Gasteiger partial charge on any atom is 0.394 e. The van der Waals surface area contributed by atoms with E-state index in [1.807, 2.05) is 0 Å². The summed E-state index contributed by atoms with van der Waals surface area (Å²) in [5.74, 6) is -0.489. The Morgan fingerprint density at radius 2 is 1.40 bits per heavy atom. The molecule has 2 aliphatic heterocycles. The number of aliphatic hydroxyl groups is 6. The first-order valence-electron chi connectivity index (χ1n) is 13.5. The highest BCUT2D eigenvalue weighted by Gasteiger charge is 2.53. The summed E-state index contributed by atoms with van der Waals surface area (Å²) >= 11 is 0. The van der Waals surface area contributed by atoms with Crippen LogP contribution in [0.2, 0.25) is 0 Å². The highest BCUT2D eigenvalue weighted by molar-refractivity contribution is 7.79. The average Bonchev–Trinajstić information content (AvgIpc) is 2.90. The van der Waals surface area contributed by atoms with Crippen LogP contribution in [0.25, 0.3) is 0 Å². The minimum absolute atomic E-state index is 0.182. The molecular weight excluding hydrogens is 590 g/mol. The lowest BCUT2D eigenvalue weighted by Crippen LogP contribution is -2.70. The van der Waals surface area contributed by atoms with Gasteiger partial charge >= 0.3 is 10.4 Å². The molecule has 17 N–H and O–H groups in total. The van der Waals surface area contributed by atoms with E-state index in [0.29, 0.717) is 0 Å². The average molecular weight is 636 g/mol. The van der Waals surface area contributed by atoms with Gasteiger partial charge in [0.2, 0.25) is 0 Å². The fourth-order valence-electron chi connectivity index (χ4n) is 5.92. The summed E-state index contributed by atoms with van der Waals surface area (Å²) < 4.78 is 55.6. The van der Waals surface area contributed by atoms with Gasteiger partial charge in [-0.1, -0.05) is 0 Å². The fourth-order valence-corrected chi connectivity index (χ4v) is 5.92. The topological polar surface area (TPSA) is 349 Å². The molecule has 0 aromatic rings. The van der Waals surface area contributed by atoms with E-state index in [4.69, 9.17) is 59.4 Å². The van der Waals surface area contributed by atoms with Crippen molar-refractivity contribution in [2.24, 2.45) is 28.9 Å². The molecule has 248 valence electrons. The first-order valence-corrected chi connectivity index (χ1v) is 14.9. The van der Waals surface area contributed by atoms with Crippen LogP contribution in [0.4, 0.5) is 0 Å². The van der Waals surface area contributed by atoms with Crippen molar-refractivity contribution >= 4 is 10.4 Å².